The lowest BCUT2D eigenvalue weighted by molar-refractivity contribution is -0.138. The molecule has 0 fully saturated rings. The molecule has 1 aliphatic rings. The number of amides is 1. The molecule has 0 saturated heterocycles. The maximum absolute atomic E-state index is 12.3. The second kappa shape index (κ2) is 5.86. The Morgan fingerprint density at radius 2 is 1.95 bits per heavy atom. The second-order valence-corrected chi connectivity index (χ2v) is 5.82. The molecule has 1 aromatic heterocycles. The van der Waals surface area contributed by atoms with E-state index in [0.717, 1.165) is 4.31 Å². The summed E-state index contributed by atoms with van der Waals surface area (Å²) in [6.07, 6.45) is 0.563. The van der Waals surface area contributed by atoms with Crippen LogP contribution >= 0.6 is 0 Å². The number of sulfonamides is 1. The fourth-order valence-electron chi connectivity index (χ4n) is 1.95. The predicted molar refractivity (Wildman–Crippen MR) is 69.5 cm³/mol. The Labute approximate surface area is 117 Å². The van der Waals surface area contributed by atoms with Crippen LogP contribution in [0, 0.1) is 0 Å². The summed E-state index contributed by atoms with van der Waals surface area (Å²) in [5, 5.41) is -0.211. The third-order valence-electron chi connectivity index (χ3n) is 2.78. The largest absolute Gasteiger partial charge is 0.351 e. The molecule has 0 unspecified atom stereocenters. The molecule has 0 aliphatic carbocycles. The lowest BCUT2D eigenvalue weighted by atomic mass is 10.3. The molecule has 8 heteroatoms. The van der Waals surface area contributed by atoms with Crippen LogP contribution in [0.3, 0.4) is 0 Å². The molecule has 1 aromatic rings. The average Bonchev–Trinajstić information content (AvgIpc) is 2.61. The van der Waals surface area contributed by atoms with Crippen molar-refractivity contribution in [1.29, 1.82) is 0 Å². The highest BCUT2D eigenvalue weighted by molar-refractivity contribution is 7.90. The number of fused-ring (bicyclic) bond motifs is 1. The Morgan fingerprint density at radius 3 is 2.50 bits per heavy atom. The van der Waals surface area contributed by atoms with Gasteiger partial charge in [-0.05, 0) is 26.0 Å². The van der Waals surface area contributed by atoms with Crippen LogP contribution in [0.5, 0.6) is 0 Å². The molecule has 0 N–H and O–H groups in total. The van der Waals surface area contributed by atoms with E-state index in [1.54, 1.807) is 13.8 Å². The van der Waals surface area contributed by atoms with Gasteiger partial charge in [-0.2, -0.15) is 8.42 Å². The number of rotatable bonds is 6. The predicted octanol–water partition coefficient (Wildman–Crippen LogP) is 0.625. The van der Waals surface area contributed by atoms with E-state index in [0.29, 0.717) is 13.2 Å². The lowest BCUT2D eigenvalue weighted by Gasteiger charge is -2.22. The van der Waals surface area contributed by atoms with Crippen LogP contribution in [0.4, 0.5) is 0 Å². The Morgan fingerprint density at radius 1 is 1.30 bits per heavy atom. The lowest BCUT2D eigenvalue weighted by Crippen LogP contribution is -2.39. The third kappa shape index (κ3) is 2.54. The van der Waals surface area contributed by atoms with Crippen molar-refractivity contribution >= 4 is 15.9 Å². The van der Waals surface area contributed by atoms with Gasteiger partial charge in [-0.15, -0.1) is 0 Å². The number of aromatic nitrogens is 1. The maximum atomic E-state index is 12.3. The second-order valence-electron chi connectivity index (χ2n) is 4.04. The highest BCUT2D eigenvalue weighted by atomic mass is 32.2. The molecule has 2 heterocycles. The van der Waals surface area contributed by atoms with Gasteiger partial charge in [0.05, 0.1) is 12.1 Å². The van der Waals surface area contributed by atoms with Crippen molar-refractivity contribution in [2.45, 2.75) is 25.2 Å². The number of ether oxygens (including phenoxy) is 2. The number of carbonyl (C=O) groups excluding carboxylic acids is 1. The zero-order chi connectivity index (χ0) is 14.8. The van der Waals surface area contributed by atoms with Crippen molar-refractivity contribution in [1.82, 2.24) is 9.29 Å². The number of carbonyl (C=O) groups is 1. The molecular formula is C12H16N2O5S. The SMILES string of the molecule is CCOC(CN1C(=O)c2cccnc2S1(=O)=O)OCC. The monoisotopic (exact) mass is 300 g/mol. The molecule has 7 nitrogen and oxygen atoms in total. The summed E-state index contributed by atoms with van der Waals surface area (Å²) in [5.74, 6) is -0.600. The average molecular weight is 300 g/mol. The number of pyridine rings is 1. The van der Waals surface area contributed by atoms with Crippen molar-refractivity contribution in [3.8, 4) is 0 Å². The van der Waals surface area contributed by atoms with Crippen molar-refractivity contribution in [2.75, 3.05) is 19.8 Å². The van der Waals surface area contributed by atoms with Gasteiger partial charge in [0.15, 0.2) is 11.3 Å². The van der Waals surface area contributed by atoms with Crippen LogP contribution in [-0.4, -0.2) is 49.7 Å². The van der Waals surface area contributed by atoms with E-state index < -0.39 is 22.2 Å². The smallest absolute Gasteiger partial charge is 0.285 e. The number of hydrogen-bond donors (Lipinski definition) is 0. The van der Waals surface area contributed by atoms with Gasteiger partial charge in [-0.25, -0.2) is 9.29 Å². The van der Waals surface area contributed by atoms with E-state index >= 15 is 0 Å². The van der Waals surface area contributed by atoms with Crippen LogP contribution < -0.4 is 0 Å². The van der Waals surface area contributed by atoms with Crippen molar-refractivity contribution in [3.63, 3.8) is 0 Å². The summed E-state index contributed by atoms with van der Waals surface area (Å²) in [6, 6.07) is 2.97. The minimum Gasteiger partial charge on any atom is -0.351 e. The minimum absolute atomic E-state index is 0.0826. The summed E-state index contributed by atoms with van der Waals surface area (Å²) in [4.78, 5) is 15.9. The third-order valence-corrected chi connectivity index (χ3v) is 4.49. The van der Waals surface area contributed by atoms with E-state index in [1.807, 2.05) is 0 Å². The highest BCUT2D eigenvalue weighted by Crippen LogP contribution is 2.28. The first kappa shape index (κ1) is 14.9. The van der Waals surface area contributed by atoms with Crippen molar-refractivity contribution in [2.24, 2.45) is 0 Å². The van der Waals surface area contributed by atoms with Gasteiger partial charge in [0.2, 0.25) is 0 Å². The van der Waals surface area contributed by atoms with E-state index in [-0.39, 0.29) is 17.1 Å². The van der Waals surface area contributed by atoms with Gasteiger partial charge in [0.25, 0.3) is 15.9 Å². The van der Waals surface area contributed by atoms with E-state index in [2.05, 4.69) is 4.98 Å². The first-order chi connectivity index (χ1) is 9.52. The molecule has 0 spiro atoms. The molecule has 1 aliphatic heterocycles. The molecule has 20 heavy (non-hydrogen) atoms. The van der Waals surface area contributed by atoms with Crippen LogP contribution in [0.2, 0.25) is 0 Å². The first-order valence-corrected chi connectivity index (χ1v) is 7.71. The zero-order valence-electron chi connectivity index (χ0n) is 11.3. The maximum Gasteiger partial charge on any atom is 0.285 e. The van der Waals surface area contributed by atoms with Gasteiger partial charge in [-0.1, -0.05) is 0 Å². The summed E-state index contributed by atoms with van der Waals surface area (Å²) in [6.45, 7) is 4.07. The summed E-state index contributed by atoms with van der Waals surface area (Å²) >= 11 is 0. The van der Waals surface area contributed by atoms with Crippen LogP contribution in [0.1, 0.15) is 24.2 Å². The van der Waals surface area contributed by atoms with E-state index in [4.69, 9.17) is 9.47 Å². The van der Waals surface area contributed by atoms with Crippen LogP contribution in [0.15, 0.2) is 23.4 Å². The quantitative estimate of drug-likeness (QED) is 0.716. The Kier molecular flexibility index (Phi) is 4.36. The summed E-state index contributed by atoms with van der Waals surface area (Å²) in [5.41, 5.74) is 0.0826. The Hall–Kier alpha value is -1.51. The van der Waals surface area contributed by atoms with Gasteiger partial charge in [0, 0.05) is 19.4 Å². The molecule has 0 aromatic carbocycles. The molecule has 1 amide bonds. The fourth-order valence-corrected chi connectivity index (χ4v) is 3.42. The molecule has 0 atom stereocenters. The van der Waals surface area contributed by atoms with Gasteiger partial charge in [-0.3, -0.25) is 4.79 Å². The van der Waals surface area contributed by atoms with Crippen LogP contribution in [-0.2, 0) is 19.5 Å². The Bertz CT molecular complexity index is 596. The van der Waals surface area contributed by atoms with Gasteiger partial charge < -0.3 is 9.47 Å². The minimum atomic E-state index is -3.91. The van der Waals surface area contributed by atoms with Crippen molar-refractivity contribution < 1.29 is 22.7 Å². The summed E-state index contributed by atoms with van der Waals surface area (Å²) in [7, 11) is -3.91. The van der Waals surface area contributed by atoms with Gasteiger partial charge in [0.1, 0.15) is 0 Å². The van der Waals surface area contributed by atoms with E-state index in [1.165, 1.54) is 18.3 Å². The molecule has 110 valence electrons. The fraction of sp³-hybridized carbons (Fsp3) is 0.500. The zero-order valence-corrected chi connectivity index (χ0v) is 12.1. The number of hydrogen-bond acceptors (Lipinski definition) is 6. The molecular weight excluding hydrogens is 284 g/mol. The normalized spacial score (nSPS) is 16.8. The first-order valence-electron chi connectivity index (χ1n) is 6.27. The molecule has 2 rings (SSSR count). The van der Waals surface area contributed by atoms with Crippen LogP contribution in [0.25, 0.3) is 0 Å². The standard InChI is InChI=1S/C12H16N2O5S/c1-3-18-10(19-4-2)8-14-12(15)9-6-5-7-13-11(9)20(14,16)17/h5-7,10H,3-4,8H2,1-2H3. The Balaban J connectivity index is 2.28. The van der Waals surface area contributed by atoms with Gasteiger partial charge >= 0.3 is 0 Å². The molecule has 0 radical (unpaired) electrons. The molecule has 0 saturated carbocycles. The molecule has 0 bridgehead atoms. The summed E-state index contributed by atoms with van der Waals surface area (Å²) < 4.78 is 35.9. The highest BCUT2D eigenvalue weighted by Gasteiger charge is 2.43. The number of nitrogens with zero attached hydrogens (tertiary/aromatic N) is 2. The topological polar surface area (TPSA) is 85.8 Å². The van der Waals surface area contributed by atoms with Crippen molar-refractivity contribution in [3.05, 3.63) is 23.9 Å². The van der Waals surface area contributed by atoms with E-state index in [9.17, 15) is 13.2 Å².